The van der Waals surface area contributed by atoms with Crippen LogP contribution in [0.15, 0.2) is 30.3 Å². The van der Waals surface area contributed by atoms with Gasteiger partial charge in [-0.2, -0.15) is 0 Å². The van der Waals surface area contributed by atoms with Crippen LogP contribution in [0.5, 0.6) is 0 Å². The van der Waals surface area contributed by atoms with Crippen LogP contribution in [0.3, 0.4) is 0 Å². The highest BCUT2D eigenvalue weighted by atomic mass is 16.6. The van der Waals surface area contributed by atoms with Crippen molar-refractivity contribution in [2.24, 2.45) is 55.2 Å². The summed E-state index contributed by atoms with van der Waals surface area (Å²) in [5.74, 6) is -10.1. The summed E-state index contributed by atoms with van der Waals surface area (Å²) in [7, 11) is 0. The number of benzene rings is 1. The van der Waals surface area contributed by atoms with Crippen LogP contribution in [-0.2, 0) is 131 Å². The lowest BCUT2D eigenvalue weighted by Gasteiger charge is -2.54. The third-order valence-electron chi connectivity index (χ3n) is 22.4. The van der Waals surface area contributed by atoms with E-state index in [1.807, 2.05) is 76.8 Å². The van der Waals surface area contributed by atoms with Gasteiger partial charge < -0.3 is 71.7 Å². The van der Waals surface area contributed by atoms with Gasteiger partial charge in [0.25, 0.3) is 0 Å². The van der Waals surface area contributed by atoms with Gasteiger partial charge in [-0.3, -0.25) is 86.6 Å². The van der Waals surface area contributed by atoms with Gasteiger partial charge in [-0.25, -0.2) is 0 Å². The second-order valence-electron chi connectivity index (χ2n) is 33.6. The van der Waals surface area contributed by atoms with E-state index in [0.29, 0.717) is 0 Å². The zero-order chi connectivity index (χ0) is 84.3. The van der Waals surface area contributed by atoms with Gasteiger partial charge >= 0.3 is 65.7 Å². The lowest BCUT2D eigenvalue weighted by atomic mass is 9.61. The van der Waals surface area contributed by atoms with Crippen LogP contribution in [0.25, 0.3) is 0 Å². The van der Waals surface area contributed by atoms with E-state index in [0.717, 1.165) is 33.3 Å². The van der Waals surface area contributed by atoms with Gasteiger partial charge in [-0.1, -0.05) is 92.6 Å². The average molecular weight is 1580 g/mol. The number of hydrogen-bond acceptors (Lipinski definition) is 29. The van der Waals surface area contributed by atoms with Crippen molar-refractivity contribution in [2.75, 3.05) is 164 Å². The Labute approximate surface area is 657 Å². The van der Waals surface area contributed by atoms with Gasteiger partial charge in [0.2, 0.25) is 23.6 Å². The molecule has 628 valence electrons. The normalized spacial score (nSPS) is 25.2. The van der Waals surface area contributed by atoms with Crippen LogP contribution < -0.4 is 0 Å². The number of carbonyl (C=O) groups is 15. The minimum atomic E-state index is -1.72. The monoisotopic (exact) mass is 1580 g/mol. The molecule has 4 heterocycles. The summed E-state index contributed by atoms with van der Waals surface area (Å²) in [6, 6.07) is 9.29. The van der Waals surface area contributed by atoms with E-state index in [9.17, 15) is 52.7 Å². The van der Waals surface area contributed by atoms with Gasteiger partial charge in [0, 0.05) is 172 Å². The molecule has 0 spiro atoms. The number of esters is 11. The molecule has 4 amide bonds. The Hall–Kier alpha value is -8.85. The number of carbonyl (C=O) groups excluding carboxylic acids is 15. The fraction of sp³-hybridized carbons (Fsp3) is 0.734. The molecule has 4 aliphatic heterocycles. The molecule has 4 aliphatic rings. The molecule has 33 nitrogen and oxygen atoms in total. The molecule has 0 aromatic heterocycles. The van der Waals surface area contributed by atoms with Crippen molar-refractivity contribution in [3.8, 4) is 0 Å². The maximum Gasteiger partial charge on any atom is 0.302 e. The highest BCUT2D eigenvalue weighted by Crippen LogP contribution is 2.50. The summed E-state index contributed by atoms with van der Waals surface area (Å²) >= 11 is 0. The Bertz CT molecular complexity index is 3450. The first kappa shape index (κ1) is 93.7. The first-order chi connectivity index (χ1) is 51.9. The lowest BCUT2D eigenvalue weighted by Crippen LogP contribution is -2.68. The van der Waals surface area contributed by atoms with Gasteiger partial charge in [-0.15, -0.1) is 0 Å². The number of amides is 4. The van der Waals surface area contributed by atoms with Crippen LogP contribution in [0.1, 0.15) is 144 Å². The molecule has 7 unspecified atom stereocenters. The molecule has 0 N–H and O–H groups in total. The molecule has 0 bridgehead atoms. The Morgan fingerprint density at radius 2 is 0.571 bits per heavy atom. The lowest BCUT2D eigenvalue weighted by molar-refractivity contribution is -0.213. The predicted octanol–water partition coefficient (Wildman–Crippen LogP) is 3.70. The summed E-state index contributed by atoms with van der Waals surface area (Å²) in [5.41, 5.74) is -8.67. The zero-order valence-corrected chi connectivity index (χ0v) is 69.3. The largest absolute Gasteiger partial charge is 0.465 e. The van der Waals surface area contributed by atoms with Crippen molar-refractivity contribution in [3.05, 3.63) is 35.9 Å². The summed E-state index contributed by atoms with van der Waals surface area (Å²) in [6.45, 7) is 24.4. The van der Waals surface area contributed by atoms with E-state index >= 15 is 19.2 Å². The van der Waals surface area contributed by atoms with E-state index < -0.39 is 184 Å². The topological polar surface area (TPSA) is 380 Å². The van der Waals surface area contributed by atoms with Crippen molar-refractivity contribution in [1.29, 1.82) is 0 Å². The van der Waals surface area contributed by atoms with Crippen LogP contribution in [-0.4, -0.2) is 300 Å². The van der Waals surface area contributed by atoms with Gasteiger partial charge in [0.15, 0.2) is 0 Å². The summed E-state index contributed by atoms with van der Waals surface area (Å²) < 4.78 is 62.8. The Morgan fingerprint density at radius 1 is 0.312 bits per heavy atom. The molecular formula is C79H121N7O26. The van der Waals surface area contributed by atoms with Crippen LogP contribution >= 0.6 is 0 Å². The quantitative estimate of drug-likeness (QED) is 0.0682. The third kappa shape index (κ3) is 26.6. The van der Waals surface area contributed by atoms with Crippen molar-refractivity contribution in [1.82, 2.24) is 34.3 Å². The molecule has 5 rings (SSSR count). The first-order valence-electron chi connectivity index (χ1n) is 37.8. The van der Waals surface area contributed by atoms with Crippen LogP contribution in [0.2, 0.25) is 0 Å². The van der Waals surface area contributed by atoms with Gasteiger partial charge in [-0.05, 0) is 22.8 Å². The Balaban J connectivity index is 1.71. The molecule has 4 saturated heterocycles. The molecule has 112 heavy (non-hydrogen) atoms. The second-order valence-corrected chi connectivity index (χ2v) is 33.6. The number of nitrogens with zero attached hydrogens (tertiary/aromatic N) is 7. The maximum atomic E-state index is 15.8. The van der Waals surface area contributed by atoms with E-state index in [-0.39, 0.29) is 143 Å². The smallest absolute Gasteiger partial charge is 0.302 e. The second kappa shape index (κ2) is 39.7. The Morgan fingerprint density at radius 3 is 0.902 bits per heavy atom. The highest BCUT2D eigenvalue weighted by Gasteiger charge is 2.61. The minimum absolute atomic E-state index is 0.00835. The summed E-state index contributed by atoms with van der Waals surface area (Å²) in [6.07, 6.45) is -2.46. The SMILES string of the molecule is CC(=O)OCC1(C)CN(C(=O)CN(CCN(CCN(CC(=O)N2CC(C)(COC(C)=O)C(OC(C)=O)C(C)(COC(C)=O)C2)CC(=O)N2CC(C)(COC(C)=O)C(OC(C)=O)C(COC(C)=O)(COC(C)=O)C2)Cc2ccccc2)CC(=O)N2CC(C)(C)C(C)C(COC(C)=O)(COC(C)=O)C2)CC(C)(COC(C)=O)C1C. The first-order valence-corrected chi connectivity index (χ1v) is 37.8. The molecule has 0 saturated carbocycles. The average Bonchev–Trinajstić information content (AvgIpc) is 0.790. The fourth-order valence-electron chi connectivity index (χ4n) is 16.3. The number of ether oxygens (including phenoxy) is 11. The van der Waals surface area contributed by atoms with Crippen molar-refractivity contribution in [2.45, 2.75) is 157 Å². The maximum absolute atomic E-state index is 15.8. The van der Waals surface area contributed by atoms with E-state index in [2.05, 4.69) is 0 Å². The number of rotatable bonds is 36. The van der Waals surface area contributed by atoms with E-state index in [1.165, 1.54) is 58.3 Å². The molecule has 0 aliphatic carbocycles. The van der Waals surface area contributed by atoms with Crippen molar-refractivity contribution < 1.29 is 124 Å². The van der Waals surface area contributed by atoms with Crippen LogP contribution in [0.4, 0.5) is 0 Å². The molecule has 0 radical (unpaired) electrons. The summed E-state index contributed by atoms with van der Waals surface area (Å²) in [5, 5.41) is 0. The van der Waals surface area contributed by atoms with Crippen molar-refractivity contribution >= 4 is 89.3 Å². The highest BCUT2D eigenvalue weighted by molar-refractivity contribution is 5.83. The molecular weight excluding hydrogens is 1460 g/mol. The predicted molar refractivity (Wildman–Crippen MR) is 399 cm³/mol. The minimum Gasteiger partial charge on any atom is -0.465 e. The van der Waals surface area contributed by atoms with E-state index in [1.54, 1.807) is 40.4 Å². The fourth-order valence-corrected chi connectivity index (χ4v) is 16.3. The van der Waals surface area contributed by atoms with Gasteiger partial charge in [0.05, 0.1) is 66.5 Å². The van der Waals surface area contributed by atoms with Crippen molar-refractivity contribution in [3.63, 3.8) is 0 Å². The molecule has 4 fully saturated rings. The van der Waals surface area contributed by atoms with Crippen LogP contribution in [0, 0.1) is 55.2 Å². The summed E-state index contributed by atoms with van der Waals surface area (Å²) in [4.78, 5) is 213. The van der Waals surface area contributed by atoms with E-state index in [4.69, 9.17) is 52.1 Å². The molecule has 7 atom stereocenters. The van der Waals surface area contributed by atoms with Gasteiger partial charge in [0.1, 0.15) is 58.5 Å². The number of piperidine rings is 4. The zero-order valence-electron chi connectivity index (χ0n) is 69.3. The number of likely N-dealkylation sites (tertiary alicyclic amines) is 4. The molecule has 1 aromatic rings. The molecule has 33 heteroatoms. The standard InChI is InChI=1S/C79H121N7O26/c1-52-72(14,15)35-83(41-78(52,48-107-59(8)92)49-108-60(9)93)66(98)31-81(32-67(99)84-36-73(16,43-102-54(3)87)53(2)74(17,37-84)44-103-55(4)88)28-26-80(30-65-24-22-21-23-25-65)27-29-82(33-68(100)85-38-75(18,45-104-56(5)89)70(111-63(12)96)76(19,39-85)46-105-57(6)90)34-69(101)86-40-77(20,47-106-58(7)91)71(112-64(13)97)79(42-86,50-109-61(10)94)51-110-62(11)95/h21-25,52-53,70-71H,26-51H2,1-20H3. The Kier molecular flexibility index (Phi) is 33.3. The molecule has 1 aromatic carbocycles. The third-order valence-corrected chi connectivity index (χ3v) is 22.4. The number of hydrogen-bond donors (Lipinski definition) is 0.